The lowest BCUT2D eigenvalue weighted by atomic mass is 10.1. The smallest absolute Gasteiger partial charge is 0.480 e. The first-order chi connectivity index (χ1) is 11.9. The minimum atomic E-state index is -5.08. The molecule has 1 aliphatic rings. The zero-order chi connectivity index (χ0) is 20.3. The summed E-state index contributed by atoms with van der Waals surface area (Å²) in [5.74, 6) is -4.08. The van der Waals surface area contributed by atoms with Crippen molar-refractivity contribution in [3.8, 4) is 0 Å². The molecular weight excluding hydrogens is 363 g/mol. The van der Waals surface area contributed by atoms with Crippen LogP contribution in [0, 0.1) is 0 Å². The summed E-state index contributed by atoms with van der Waals surface area (Å²) < 4.78 is 31.7. The summed E-state index contributed by atoms with van der Waals surface area (Å²) in [7, 11) is 0. The number of nitrogens with zero attached hydrogens (tertiary/aromatic N) is 1. The van der Waals surface area contributed by atoms with Gasteiger partial charge < -0.3 is 32.3 Å². The molecule has 150 valence electrons. The van der Waals surface area contributed by atoms with E-state index in [4.69, 9.17) is 26.5 Å². The molecule has 0 aromatic carbocycles. The Morgan fingerprint density at radius 1 is 1.27 bits per heavy atom. The Morgan fingerprint density at radius 3 is 2.23 bits per heavy atom. The maximum Gasteiger partial charge on any atom is 0.490 e. The molecule has 0 aromatic rings. The molecule has 1 fully saturated rings. The molecule has 13 heteroatoms. The van der Waals surface area contributed by atoms with Crippen molar-refractivity contribution < 1.29 is 37.8 Å². The highest BCUT2D eigenvalue weighted by Crippen LogP contribution is 2.13. The first-order valence-corrected chi connectivity index (χ1v) is 7.57. The zero-order valence-corrected chi connectivity index (χ0v) is 13.8. The number of carbonyl (C=O) groups excluding carboxylic acids is 1. The Morgan fingerprint density at radius 2 is 1.85 bits per heavy atom. The van der Waals surface area contributed by atoms with Gasteiger partial charge in [0.15, 0.2) is 5.96 Å². The Balaban J connectivity index is 0.000000758. The molecule has 10 nitrogen and oxygen atoms in total. The van der Waals surface area contributed by atoms with Gasteiger partial charge in [0, 0.05) is 6.54 Å². The predicted octanol–water partition coefficient (Wildman–Crippen LogP) is -1.01. The van der Waals surface area contributed by atoms with E-state index in [0.29, 0.717) is 19.4 Å². The summed E-state index contributed by atoms with van der Waals surface area (Å²) in [5.41, 5.74) is 10.3. The fourth-order valence-electron chi connectivity index (χ4n) is 1.94. The number of amides is 1. The number of carboxylic acids is 2. The molecular formula is C13H22F3N5O5. The normalized spacial score (nSPS) is 17.4. The van der Waals surface area contributed by atoms with Gasteiger partial charge in [0.1, 0.15) is 6.04 Å². The number of nitrogens with two attached hydrogens (primary N) is 2. The van der Waals surface area contributed by atoms with Crippen LogP contribution in [0.1, 0.15) is 25.7 Å². The molecule has 2 atom stereocenters. The van der Waals surface area contributed by atoms with E-state index in [1.807, 2.05) is 0 Å². The van der Waals surface area contributed by atoms with Gasteiger partial charge in [0.25, 0.3) is 0 Å². The highest BCUT2D eigenvalue weighted by atomic mass is 19.4. The SMILES string of the molecule is NC(N)=NCCC[C@H](NC(=O)[C@@H]1CCCN1)C(=O)O.O=C(O)C(F)(F)F. The van der Waals surface area contributed by atoms with Gasteiger partial charge in [-0.05, 0) is 32.2 Å². The molecule has 0 aromatic heterocycles. The maximum atomic E-state index is 11.8. The van der Waals surface area contributed by atoms with Crippen molar-refractivity contribution in [1.82, 2.24) is 10.6 Å². The number of hydrogen-bond acceptors (Lipinski definition) is 5. The lowest BCUT2D eigenvalue weighted by molar-refractivity contribution is -0.192. The van der Waals surface area contributed by atoms with E-state index >= 15 is 0 Å². The Bertz CT molecular complexity index is 517. The number of rotatable bonds is 7. The summed E-state index contributed by atoms with van der Waals surface area (Å²) in [4.78, 5) is 35.5. The van der Waals surface area contributed by atoms with E-state index in [9.17, 15) is 22.8 Å². The Labute approximate surface area is 146 Å². The average molecular weight is 385 g/mol. The van der Waals surface area contributed by atoms with E-state index in [0.717, 1.165) is 19.4 Å². The first kappa shape index (κ1) is 23.4. The second kappa shape index (κ2) is 11.1. The van der Waals surface area contributed by atoms with Crippen LogP contribution in [0.15, 0.2) is 4.99 Å². The summed E-state index contributed by atoms with van der Waals surface area (Å²) in [6, 6.07) is -1.18. The van der Waals surface area contributed by atoms with Crippen molar-refractivity contribution in [2.75, 3.05) is 13.1 Å². The zero-order valence-electron chi connectivity index (χ0n) is 13.8. The standard InChI is InChI=1S/C11H21N5O3.C2HF3O2/c12-11(13)15-6-2-4-8(10(18)19)16-9(17)7-3-1-5-14-7;3-2(4,5)1(6)7/h7-8,14H,1-6H2,(H,16,17)(H,18,19)(H4,12,13,15);(H,6,7)/t7-,8-;/m0./s1. The molecule has 1 aliphatic heterocycles. The van der Waals surface area contributed by atoms with Gasteiger partial charge in [0.05, 0.1) is 6.04 Å². The van der Waals surface area contributed by atoms with Crippen LogP contribution in [0.25, 0.3) is 0 Å². The van der Waals surface area contributed by atoms with Crippen LogP contribution in [0.2, 0.25) is 0 Å². The number of nitrogens with one attached hydrogen (secondary N) is 2. The van der Waals surface area contributed by atoms with Gasteiger partial charge in [-0.25, -0.2) is 9.59 Å². The Hall–Kier alpha value is -2.57. The van der Waals surface area contributed by atoms with Crippen molar-refractivity contribution in [3.05, 3.63) is 0 Å². The second-order valence-electron chi connectivity index (χ2n) is 5.30. The largest absolute Gasteiger partial charge is 0.490 e. The summed E-state index contributed by atoms with van der Waals surface area (Å²) >= 11 is 0. The van der Waals surface area contributed by atoms with Crippen LogP contribution >= 0.6 is 0 Å². The fraction of sp³-hybridized carbons (Fsp3) is 0.692. The predicted molar refractivity (Wildman–Crippen MR) is 84.2 cm³/mol. The van der Waals surface area contributed by atoms with Crippen molar-refractivity contribution >= 4 is 23.8 Å². The van der Waals surface area contributed by atoms with Gasteiger partial charge in [-0.2, -0.15) is 13.2 Å². The molecule has 1 saturated heterocycles. The van der Waals surface area contributed by atoms with Crippen molar-refractivity contribution in [1.29, 1.82) is 0 Å². The topological polar surface area (TPSA) is 180 Å². The van der Waals surface area contributed by atoms with Crippen LogP contribution in [0.4, 0.5) is 13.2 Å². The average Bonchev–Trinajstić information content (AvgIpc) is 3.03. The van der Waals surface area contributed by atoms with Crippen molar-refractivity contribution in [3.63, 3.8) is 0 Å². The molecule has 0 bridgehead atoms. The second-order valence-corrected chi connectivity index (χ2v) is 5.30. The van der Waals surface area contributed by atoms with E-state index < -0.39 is 24.2 Å². The van der Waals surface area contributed by atoms with Crippen molar-refractivity contribution in [2.45, 2.75) is 43.9 Å². The van der Waals surface area contributed by atoms with Gasteiger partial charge in [-0.3, -0.25) is 9.79 Å². The van der Waals surface area contributed by atoms with Gasteiger partial charge in [0.2, 0.25) is 5.91 Å². The molecule has 8 N–H and O–H groups in total. The number of alkyl halides is 3. The van der Waals surface area contributed by atoms with Crippen LogP contribution in [-0.4, -0.2) is 65.4 Å². The van der Waals surface area contributed by atoms with E-state index in [2.05, 4.69) is 15.6 Å². The molecule has 0 aliphatic carbocycles. The first-order valence-electron chi connectivity index (χ1n) is 7.57. The van der Waals surface area contributed by atoms with Crippen LogP contribution in [0.3, 0.4) is 0 Å². The highest BCUT2D eigenvalue weighted by molar-refractivity contribution is 5.87. The minimum absolute atomic E-state index is 0.0222. The Kier molecular flexibility index (Phi) is 10.0. The fourth-order valence-corrected chi connectivity index (χ4v) is 1.94. The molecule has 1 rings (SSSR count). The molecule has 0 unspecified atom stereocenters. The van der Waals surface area contributed by atoms with Crippen LogP contribution in [-0.2, 0) is 14.4 Å². The summed E-state index contributed by atoms with van der Waals surface area (Å²) in [6.45, 7) is 1.14. The number of halogens is 3. The number of aliphatic carboxylic acids is 2. The van der Waals surface area contributed by atoms with E-state index in [-0.39, 0.29) is 17.9 Å². The molecule has 0 spiro atoms. The molecule has 1 amide bonds. The number of aliphatic imine (C=N–C) groups is 1. The minimum Gasteiger partial charge on any atom is -0.480 e. The van der Waals surface area contributed by atoms with E-state index in [1.54, 1.807) is 0 Å². The maximum absolute atomic E-state index is 11.8. The third kappa shape index (κ3) is 10.3. The number of hydrogen-bond donors (Lipinski definition) is 6. The molecule has 0 saturated carbocycles. The third-order valence-corrected chi connectivity index (χ3v) is 3.18. The lowest BCUT2D eigenvalue weighted by Gasteiger charge is -2.17. The summed E-state index contributed by atoms with van der Waals surface area (Å²) in [5, 5.41) is 21.7. The van der Waals surface area contributed by atoms with Gasteiger partial charge in [-0.15, -0.1) is 0 Å². The van der Waals surface area contributed by atoms with E-state index in [1.165, 1.54) is 0 Å². The monoisotopic (exact) mass is 385 g/mol. The van der Waals surface area contributed by atoms with Gasteiger partial charge in [-0.1, -0.05) is 0 Å². The quantitative estimate of drug-likeness (QED) is 0.183. The number of carbonyl (C=O) groups is 3. The lowest BCUT2D eigenvalue weighted by Crippen LogP contribution is -2.48. The van der Waals surface area contributed by atoms with Crippen LogP contribution < -0.4 is 22.1 Å². The van der Waals surface area contributed by atoms with Crippen LogP contribution in [0.5, 0.6) is 0 Å². The highest BCUT2D eigenvalue weighted by Gasteiger charge is 2.38. The number of guanidine groups is 1. The molecule has 0 radical (unpaired) electrons. The summed E-state index contributed by atoms with van der Waals surface area (Å²) in [6.07, 6.45) is -2.62. The molecule has 26 heavy (non-hydrogen) atoms. The van der Waals surface area contributed by atoms with Crippen molar-refractivity contribution in [2.24, 2.45) is 16.5 Å². The third-order valence-electron chi connectivity index (χ3n) is 3.18. The number of carboxylic acid groups (broad SMARTS) is 2. The molecule has 1 heterocycles. The van der Waals surface area contributed by atoms with Gasteiger partial charge >= 0.3 is 18.1 Å².